The van der Waals surface area contributed by atoms with E-state index in [1.165, 1.54) is 37.3 Å². The van der Waals surface area contributed by atoms with E-state index < -0.39 is 5.83 Å². The Morgan fingerprint density at radius 1 is 1.00 bits per heavy atom. The van der Waals surface area contributed by atoms with Gasteiger partial charge in [0.1, 0.15) is 6.07 Å². The Bertz CT molecular complexity index is 712. The van der Waals surface area contributed by atoms with E-state index in [1.54, 1.807) is 6.07 Å². The highest BCUT2D eigenvalue weighted by Gasteiger charge is 2.25. The molecule has 0 bridgehead atoms. The van der Waals surface area contributed by atoms with Gasteiger partial charge < -0.3 is 4.74 Å². The van der Waals surface area contributed by atoms with Gasteiger partial charge >= 0.3 is 0 Å². The molecule has 2 saturated carbocycles. The number of rotatable bonds is 5. The van der Waals surface area contributed by atoms with Gasteiger partial charge in [-0.1, -0.05) is 12.1 Å². The van der Waals surface area contributed by atoms with Gasteiger partial charge in [0.15, 0.2) is 5.83 Å². The molecule has 2 aliphatic rings. The van der Waals surface area contributed by atoms with Crippen molar-refractivity contribution in [2.75, 3.05) is 6.61 Å². The van der Waals surface area contributed by atoms with Crippen LogP contribution in [0.4, 0.5) is 4.39 Å². The van der Waals surface area contributed by atoms with E-state index in [0.29, 0.717) is 11.8 Å². The molecular formula is C23H27FN2O. The summed E-state index contributed by atoms with van der Waals surface area (Å²) in [5, 5.41) is 17.4. The van der Waals surface area contributed by atoms with Crippen molar-refractivity contribution >= 4 is 0 Å². The highest BCUT2D eigenvalue weighted by molar-refractivity contribution is 5.33. The lowest BCUT2D eigenvalue weighted by Gasteiger charge is -2.32. The first-order valence-electron chi connectivity index (χ1n) is 10.1. The van der Waals surface area contributed by atoms with Crippen LogP contribution in [0.1, 0.15) is 68.4 Å². The maximum Gasteiger partial charge on any atom is 0.196 e. The molecular weight excluding hydrogens is 339 g/mol. The molecule has 3 rings (SSSR count). The van der Waals surface area contributed by atoms with E-state index >= 15 is 0 Å². The van der Waals surface area contributed by atoms with Crippen LogP contribution in [0.3, 0.4) is 0 Å². The summed E-state index contributed by atoms with van der Waals surface area (Å²) in [7, 11) is 0. The zero-order valence-corrected chi connectivity index (χ0v) is 15.7. The van der Waals surface area contributed by atoms with E-state index in [2.05, 4.69) is 18.2 Å². The predicted molar refractivity (Wildman–Crippen MR) is 102 cm³/mol. The lowest BCUT2D eigenvalue weighted by atomic mass is 9.79. The highest BCUT2D eigenvalue weighted by Crippen LogP contribution is 2.36. The zero-order chi connectivity index (χ0) is 19.1. The molecule has 2 aliphatic carbocycles. The molecule has 0 unspecified atom stereocenters. The van der Waals surface area contributed by atoms with Crippen LogP contribution in [-0.4, -0.2) is 12.7 Å². The Balaban J connectivity index is 1.36. The van der Waals surface area contributed by atoms with Crippen molar-refractivity contribution < 1.29 is 9.13 Å². The van der Waals surface area contributed by atoms with Gasteiger partial charge in [0.2, 0.25) is 0 Å². The van der Waals surface area contributed by atoms with Crippen LogP contribution in [0.2, 0.25) is 0 Å². The summed E-state index contributed by atoms with van der Waals surface area (Å²) in [6, 6.07) is 11.8. The standard InChI is InChI=1S/C23H27FN2O/c24-22(15-26)13-17-5-11-23(12-6-17)27-16-19-3-9-21(10-4-19)20-7-1-18(14-25)2-8-20/h1-2,7-8,13,17,19,21,23H,3-6,9-12,16H2/b22-13-/t17-,19-,21-,23-. The second-order valence-electron chi connectivity index (χ2n) is 7.95. The van der Waals surface area contributed by atoms with Gasteiger partial charge in [-0.25, -0.2) is 0 Å². The number of hydrogen-bond acceptors (Lipinski definition) is 3. The summed E-state index contributed by atoms with van der Waals surface area (Å²) in [6.45, 7) is 0.831. The maximum absolute atomic E-state index is 13.1. The summed E-state index contributed by atoms with van der Waals surface area (Å²) < 4.78 is 19.2. The fraction of sp³-hybridized carbons (Fsp3) is 0.565. The van der Waals surface area contributed by atoms with E-state index in [-0.39, 0.29) is 12.0 Å². The first-order chi connectivity index (χ1) is 13.2. The fourth-order valence-electron chi connectivity index (χ4n) is 4.43. The number of nitriles is 2. The second kappa shape index (κ2) is 9.67. The van der Waals surface area contributed by atoms with Crippen LogP contribution in [-0.2, 0) is 4.74 Å². The van der Waals surface area contributed by atoms with Crippen molar-refractivity contribution in [2.24, 2.45) is 11.8 Å². The Kier molecular flexibility index (Phi) is 7.02. The number of ether oxygens (including phenoxy) is 1. The minimum absolute atomic E-state index is 0.187. The van der Waals surface area contributed by atoms with Crippen molar-refractivity contribution in [1.29, 1.82) is 10.5 Å². The van der Waals surface area contributed by atoms with E-state index in [9.17, 15) is 4.39 Å². The number of hydrogen-bond donors (Lipinski definition) is 0. The molecule has 0 N–H and O–H groups in total. The van der Waals surface area contributed by atoms with Crippen LogP contribution in [0.5, 0.6) is 0 Å². The highest BCUT2D eigenvalue weighted by atomic mass is 19.1. The van der Waals surface area contributed by atoms with Crippen LogP contribution in [0.15, 0.2) is 36.2 Å². The minimum atomic E-state index is -0.654. The van der Waals surface area contributed by atoms with Crippen LogP contribution in [0.25, 0.3) is 0 Å². The summed E-state index contributed by atoms with van der Waals surface area (Å²) in [5.41, 5.74) is 2.07. The predicted octanol–water partition coefficient (Wildman–Crippen LogP) is 5.78. The topological polar surface area (TPSA) is 56.8 Å². The minimum Gasteiger partial charge on any atom is -0.378 e. The van der Waals surface area contributed by atoms with Gasteiger partial charge in [-0.2, -0.15) is 14.9 Å². The molecule has 2 fully saturated rings. The smallest absolute Gasteiger partial charge is 0.196 e. The molecule has 0 spiro atoms. The van der Waals surface area contributed by atoms with Crippen molar-refractivity contribution in [3.05, 3.63) is 47.3 Å². The van der Waals surface area contributed by atoms with Gasteiger partial charge in [-0.3, -0.25) is 0 Å². The molecule has 3 nitrogen and oxygen atoms in total. The molecule has 0 atom stereocenters. The maximum atomic E-state index is 13.1. The van der Waals surface area contributed by atoms with Crippen LogP contribution in [0, 0.1) is 34.5 Å². The van der Waals surface area contributed by atoms with Gasteiger partial charge in [0.05, 0.1) is 17.7 Å². The van der Waals surface area contributed by atoms with Crippen LogP contribution >= 0.6 is 0 Å². The Morgan fingerprint density at radius 2 is 1.67 bits per heavy atom. The van der Waals surface area contributed by atoms with Crippen molar-refractivity contribution in [1.82, 2.24) is 0 Å². The molecule has 0 aromatic heterocycles. The average molecular weight is 366 g/mol. The second-order valence-corrected chi connectivity index (χ2v) is 7.95. The summed E-state index contributed by atoms with van der Waals surface area (Å²) in [6.07, 6.45) is 10.2. The monoisotopic (exact) mass is 366 g/mol. The molecule has 0 radical (unpaired) electrons. The summed E-state index contributed by atoms with van der Waals surface area (Å²) >= 11 is 0. The molecule has 4 heteroatoms. The quantitative estimate of drug-likeness (QED) is 0.620. The number of halogens is 1. The molecule has 0 saturated heterocycles. The summed E-state index contributed by atoms with van der Waals surface area (Å²) in [4.78, 5) is 0. The molecule has 1 aromatic rings. The molecule has 0 aliphatic heterocycles. The normalized spacial score (nSPS) is 28.9. The van der Waals surface area contributed by atoms with E-state index in [0.717, 1.165) is 37.9 Å². The third-order valence-electron chi connectivity index (χ3n) is 6.13. The number of nitrogens with zero attached hydrogens (tertiary/aromatic N) is 2. The molecule has 0 amide bonds. The van der Waals surface area contributed by atoms with Crippen molar-refractivity contribution in [3.8, 4) is 12.1 Å². The first kappa shape index (κ1) is 19.6. The average Bonchev–Trinajstić information content (AvgIpc) is 2.73. The third kappa shape index (κ3) is 5.65. The Hall–Kier alpha value is -2.17. The SMILES string of the molecule is N#C/C(F)=C/[C@H]1CC[C@H](OC[C@H]2CC[C@H](c3ccc(C#N)cc3)CC2)CC1. The van der Waals surface area contributed by atoms with E-state index in [1.807, 2.05) is 12.1 Å². The van der Waals surface area contributed by atoms with Gasteiger partial charge in [-0.15, -0.1) is 0 Å². The van der Waals surface area contributed by atoms with Gasteiger partial charge in [-0.05, 0) is 92.9 Å². The number of allylic oxidation sites excluding steroid dienone is 2. The molecule has 1 aromatic carbocycles. The van der Waals surface area contributed by atoms with Crippen molar-refractivity contribution in [2.45, 2.75) is 63.4 Å². The summed E-state index contributed by atoms with van der Waals surface area (Å²) in [5.74, 6) is 0.769. The van der Waals surface area contributed by atoms with Gasteiger partial charge in [0, 0.05) is 6.61 Å². The first-order valence-corrected chi connectivity index (χ1v) is 10.1. The molecule has 142 valence electrons. The Morgan fingerprint density at radius 3 is 2.26 bits per heavy atom. The lowest BCUT2D eigenvalue weighted by Crippen LogP contribution is -2.25. The lowest BCUT2D eigenvalue weighted by molar-refractivity contribution is -0.00465. The largest absolute Gasteiger partial charge is 0.378 e. The van der Waals surface area contributed by atoms with Crippen molar-refractivity contribution in [3.63, 3.8) is 0 Å². The molecule has 0 heterocycles. The van der Waals surface area contributed by atoms with Crippen LogP contribution < -0.4 is 0 Å². The Labute approximate surface area is 161 Å². The molecule has 27 heavy (non-hydrogen) atoms. The third-order valence-corrected chi connectivity index (χ3v) is 6.13. The van der Waals surface area contributed by atoms with E-state index in [4.69, 9.17) is 15.3 Å². The fourth-order valence-corrected chi connectivity index (χ4v) is 4.43. The number of benzene rings is 1. The zero-order valence-electron chi connectivity index (χ0n) is 15.7. The van der Waals surface area contributed by atoms with Gasteiger partial charge in [0.25, 0.3) is 0 Å².